The minimum atomic E-state index is -0.337. The van der Waals surface area contributed by atoms with Crippen LogP contribution in [0.2, 0.25) is 0 Å². The van der Waals surface area contributed by atoms with Crippen molar-refractivity contribution in [1.29, 1.82) is 0 Å². The number of aliphatic hydroxyl groups excluding tert-OH is 1. The number of aliphatic hydroxyl groups is 1. The van der Waals surface area contributed by atoms with Crippen molar-refractivity contribution in [3.05, 3.63) is 100 Å². The zero-order valence-corrected chi connectivity index (χ0v) is 39.9. The van der Waals surface area contributed by atoms with Crippen molar-refractivity contribution >= 4 is 59.4 Å². The van der Waals surface area contributed by atoms with Crippen molar-refractivity contribution < 1.29 is 30.0 Å². The molecule has 301 valence electrons. The number of aromatic nitrogens is 1. The molecule has 3 heterocycles. The molecule has 0 atom stereocenters. The van der Waals surface area contributed by atoms with Gasteiger partial charge in [-0.3, -0.25) is 9.78 Å². The van der Waals surface area contributed by atoms with Crippen molar-refractivity contribution in [2.75, 3.05) is 0 Å². The van der Waals surface area contributed by atoms with Crippen molar-refractivity contribution in [2.45, 2.75) is 128 Å². The number of allylic oxidation sites excluding steroid dienone is 2. The number of carbonyl (C=O) groups is 1. The Morgan fingerprint density at radius 1 is 0.804 bits per heavy atom. The summed E-state index contributed by atoms with van der Waals surface area (Å²) in [6.45, 7) is 28.1. The fourth-order valence-corrected chi connectivity index (χ4v) is 10.2. The molecular weight excluding hydrogens is 903 g/mol. The van der Waals surface area contributed by atoms with Crippen molar-refractivity contribution in [2.24, 2.45) is 16.7 Å². The number of hydrogen-bond donors (Lipinski definition) is 1. The number of aryl methyl sites for hydroxylation is 2. The number of fused-ring (bicyclic) bond motifs is 3. The Morgan fingerprint density at radius 2 is 1.41 bits per heavy atom. The maximum Gasteiger partial charge on any atom is 0.164 e. The van der Waals surface area contributed by atoms with Crippen LogP contribution in [0, 0.1) is 36.7 Å². The first kappa shape index (κ1) is 45.6. The topological polar surface area (TPSA) is 50.2 Å². The number of pyridine rings is 1. The summed E-state index contributed by atoms with van der Waals surface area (Å²) in [7, 11) is 0. The van der Waals surface area contributed by atoms with Crippen LogP contribution >= 0.6 is 22.7 Å². The van der Waals surface area contributed by atoms with Gasteiger partial charge in [0.2, 0.25) is 0 Å². The number of carbonyl (C=O) groups excluding carboxylic acids is 1. The van der Waals surface area contributed by atoms with Crippen LogP contribution in [0.5, 0.6) is 0 Å². The number of hydrogen-bond acceptors (Lipinski definition) is 5. The minimum Gasteiger partial charge on any atom is -0.512 e. The molecule has 1 radical (unpaired) electrons. The Hall–Kier alpha value is -3.15. The van der Waals surface area contributed by atoms with E-state index in [4.69, 9.17) is 4.98 Å². The van der Waals surface area contributed by atoms with Crippen molar-refractivity contribution in [3.63, 3.8) is 0 Å². The van der Waals surface area contributed by atoms with Gasteiger partial charge in [-0.1, -0.05) is 124 Å². The van der Waals surface area contributed by atoms with Crippen LogP contribution in [-0.4, -0.2) is 15.9 Å². The molecule has 6 aromatic rings. The zero-order chi connectivity index (χ0) is 40.5. The molecule has 0 spiro atoms. The summed E-state index contributed by atoms with van der Waals surface area (Å²) in [5.41, 5.74) is 7.02. The Kier molecular flexibility index (Phi) is 14.8. The summed E-state index contributed by atoms with van der Waals surface area (Å²) in [5.74, 6) is 0.940. The molecule has 3 aromatic heterocycles. The second-order valence-electron chi connectivity index (χ2n) is 17.3. The summed E-state index contributed by atoms with van der Waals surface area (Å²) >= 11 is 3.87. The summed E-state index contributed by atoms with van der Waals surface area (Å²) in [4.78, 5) is 20.0. The third-order valence-electron chi connectivity index (χ3n) is 12.2. The fraction of sp³-hybridized carbons (Fsp3) is 0.440. The molecule has 0 amide bonds. The van der Waals surface area contributed by atoms with E-state index in [1.165, 1.54) is 63.6 Å². The second kappa shape index (κ2) is 18.2. The SMILES string of the molecule is CCC(C)(CC)C(=O)/C=C(\O)C(C)(CC)CC.Cc1c(CC(C)C)sc2c(-c3sc4c(-c5[c-]c6ccccc6c(C(C)(C)C)c5)nccc4c3C)cccc12.[Ir]. The third-order valence-corrected chi connectivity index (χ3v) is 14.9. The second-order valence-corrected chi connectivity index (χ2v) is 19.5. The van der Waals surface area contributed by atoms with E-state index in [1.54, 1.807) is 0 Å². The summed E-state index contributed by atoms with van der Waals surface area (Å²) in [6, 6.07) is 23.7. The number of rotatable bonds is 11. The van der Waals surface area contributed by atoms with E-state index >= 15 is 0 Å². The van der Waals surface area contributed by atoms with E-state index in [1.807, 2.05) is 70.4 Å². The molecule has 6 rings (SSSR count). The fourth-order valence-electron chi connectivity index (χ4n) is 7.29. The van der Waals surface area contributed by atoms with Gasteiger partial charge in [-0.15, -0.1) is 51.8 Å². The van der Waals surface area contributed by atoms with E-state index in [-0.39, 0.29) is 47.9 Å². The standard InChI is InChI=1S/C35H34NS2.C15H28O2.Ir/c1-20(2)17-30-21(3)25-13-10-14-28(33(25)37-30)32-22(4)26-15-16-36-31(34(26)38-32)24-18-23-11-8-9-12-27(23)29(19-24)35(5,6)7;1-7-14(5,8-2)12(16)11-13(17)15(6,9-3)10-4;/h8-16,19-20H,17H2,1-7H3;11,16H,7-10H2,1-6H3;/q-1;;/b;12-11-;. The molecule has 3 nitrogen and oxygen atoms in total. The van der Waals surface area contributed by atoms with Gasteiger partial charge in [-0.05, 0) is 85.3 Å². The maximum absolute atomic E-state index is 12.2. The molecule has 0 aliphatic carbocycles. The third kappa shape index (κ3) is 9.10. The Labute approximate surface area is 358 Å². The van der Waals surface area contributed by atoms with Gasteiger partial charge in [0.05, 0.1) is 0 Å². The van der Waals surface area contributed by atoms with Crippen LogP contribution in [0.25, 0.3) is 52.6 Å². The van der Waals surface area contributed by atoms with E-state index in [0.29, 0.717) is 5.92 Å². The van der Waals surface area contributed by atoms with Gasteiger partial charge in [0, 0.05) is 73.6 Å². The largest absolute Gasteiger partial charge is 0.512 e. The van der Waals surface area contributed by atoms with E-state index in [9.17, 15) is 9.90 Å². The minimum absolute atomic E-state index is 0. The molecule has 56 heavy (non-hydrogen) atoms. The molecule has 3 aromatic carbocycles. The summed E-state index contributed by atoms with van der Waals surface area (Å²) < 4.78 is 2.66. The molecular formula is C50H62IrNO2S2-. The molecule has 1 N–H and O–H groups in total. The molecule has 0 saturated carbocycles. The molecule has 0 aliphatic rings. The molecule has 0 bridgehead atoms. The predicted octanol–water partition coefficient (Wildman–Crippen LogP) is 15.6. The number of ketones is 1. The van der Waals surface area contributed by atoms with Crippen LogP contribution in [0.1, 0.15) is 123 Å². The zero-order valence-electron chi connectivity index (χ0n) is 35.9. The maximum atomic E-state index is 12.2. The van der Waals surface area contributed by atoms with Gasteiger partial charge in [0.15, 0.2) is 5.78 Å². The smallest absolute Gasteiger partial charge is 0.164 e. The monoisotopic (exact) mass is 965 g/mol. The molecule has 0 unspecified atom stereocenters. The van der Waals surface area contributed by atoms with Gasteiger partial charge in [0.1, 0.15) is 5.76 Å². The van der Waals surface area contributed by atoms with Crippen LogP contribution in [0.15, 0.2) is 72.6 Å². The van der Waals surface area contributed by atoms with Crippen molar-refractivity contribution in [1.82, 2.24) is 4.98 Å². The van der Waals surface area contributed by atoms with Gasteiger partial charge in [-0.2, -0.15) is 0 Å². The van der Waals surface area contributed by atoms with Gasteiger partial charge in [0.25, 0.3) is 0 Å². The van der Waals surface area contributed by atoms with E-state index in [0.717, 1.165) is 48.7 Å². The Balaban J connectivity index is 0.000000330. The number of nitrogens with zero attached hydrogens (tertiary/aromatic N) is 1. The van der Waals surface area contributed by atoms with Crippen LogP contribution in [0.3, 0.4) is 0 Å². The van der Waals surface area contributed by atoms with Crippen molar-refractivity contribution in [3.8, 4) is 21.7 Å². The first-order chi connectivity index (χ1) is 25.9. The quantitative estimate of drug-likeness (QED) is 0.0800. The van der Waals surface area contributed by atoms with Crippen LogP contribution < -0.4 is 0 Å². The average Bonchev–Trinajstić information content (AvgIpc) is 3.68. The molecule has 0 aliphatic heterocycles. The Morgan fingerprint density at radius 3 is 2.02 bits per heavy atom. The van der Waals surface area contributed by atoms with Gasteiger partial charge < -0.3 is 5.11 Å². The summed E-state index contributed by atoms with van der Waals surface area (Å²) in [5, 5.41) is 15.3. The Bertz CT molecular complexity index is 2340. The first-order valence-electron chi connectivity index (χ1n) is 20.2. The van der Waals surface area contributed by atoms with Gasteiger partial charge >= 0.3 is 0 Å². The molecule has 0 saturated heterocycles. The van der Waals surface area contributed by atoms with Crippen LogP contribution in [0.4, 0.5) is 0 Å². The normalized spacial score (nSPS) is 12.6. The number of benzene rings is 3. The summed E-state index contributed by atoms with van der Waals surface area (Å²) in [6.07, 6.45) is 7.86. The van der Waals surface area contributed by atoms with Gasteiger partial charge in [-0.25, -0.2) is 0 Å². The average molecular weight is 965 g/mol. The molecule has 6 heteroatoms. The number of thiophene rings is 2. The van der Waals surface area contributed by atoms with Crippen LogP contribution in [-0.2, 0) is 36.7 Å². The first-order valence-corrected chi connectivity index (χ1v) is 21.9. The molecule has 0 fully saturated rings. The predicted molar refractivity (Wildman–Crippen MR) is 242 cm³/mol. The van der Waals surface area contributed by atoms with E-state index < -0.39 is 0 Å². The van der Waals surface area contributed by atoms with E-state index in [2.05, 4.69) is 109 Å².